The summed E-state index contributed by atoms with van der Waals surface area (Å²) in [4.78, 5) is 82.8. The summed E-state index contributed by atoms with van der Waals surface area (Å²) >= 11 is 1.37. The van der Waals surface area contributed by atoms with Gasteiger partial charge in [0, 0.05) is 42.2 Å². The van der Waals surface area contributed by atoms with Crippen molar-refractivity contribution in [3.8, 4) is 5.75 Å². The van der Waals surface area contributed by atoms with Gasteiger partial charge in [-0.15, -0.1) is 11.8 Å². The van der Waals surface area contributed by atoms with Crippen molar-refractivity contribution in [3.05, 3.63) is 149 Å². The fraction of sp³-hybridized carbons (Fsp3) is 0.327. The van der Waals surface area contributed by atoms with Gasteiger partial charge >= 0.3 is 18.2 Å². The third-order valence-corrected chi connectivity index (χ3v) is 11.5. The lowest BCUT2D eigenvalue weighted by Gasteiger charge is -2.49. The van der Waals surface area contributed by atoms with E-state index in [1.165, 1.54) is 16.7 Å². The summed E-state index contributed by atoms with van der Waals surface area (Å²) in [6.07, 6.45) is 3.27. The highest BCUT2D eigenvalue weighted by atomic mass is 32.2. The molecule has 0 bridgehead atoms. The Hall–Kier alpha value is -6.94. The molecule has 3 aliphatic heterocycles. The molecule has 3 aliphatic rings. The van der Waals surface area contributed by atoms with Crippen molar-refractivity contribution in [1.82, 2.24) is 15.1 Å². The summed E-state index contributed by atoms with van der Waals surface area (Å²) in [6.45, 7) is 11.2. The van der Waals surface area contributed by atoms with Crippen LogP contribution in [0, 0.1) is 0 Å². The fourth-order valence-electron chi connectivity index (χ4n) is 7.35. The molecule has 338 valence electrons. The summed E-state index contributed by atoms with van der Waals surface area (Å²) in [7, 11) is 0. The lowest BCUT2D eigenvalue weighted by atomic mass is 10.00. The average Bonchev–Trinajstić information content (AvgIpc) is 3.59. The van der Waals surface area contributed by atoms with E-state index in [0.29, 0.717) is 36.3 Å². The molecule has 0 saturated carbocycles. The number of nitrogens with one attached hydrogen (secondary N) is 2. The summed E-state index contributed by atoms with van der Waals surface area (Å²) in [5.74, 6) is -1.17. The number of esters is 1. The molecule has 4 amide bonds. The van der Waals surface area contributed by atoms with Crippen LogP contribution in [0.3, 0.4) is 0 Å². The standard InChI is InChI=1S/C49H51N5O10S/c1-48(2,3)63-46(59)51-39-43(57)54-40(45(58)62-41(32-13-9-7-10-14-32)33-15-11-8-12-16-33)35(30-65-44(39)54)27-34-23-26-53(42(34)56)28-31-21-24-52(25-22-31)29-38(55)50-36-17-19-37(20-18-36)61-47(60)64-49(4,5)6/h7-22,24-25,27,39,41,44H,23,26,28-30H2,1-6H3,(H-,50,51,55,59)/p+1/b34-27+/t39-,44-/m1/s1. The molecule has 4 aromatic rings. The smallest absolute Gasteiger partial charge is 0.448 e. The summed E-state index contributed by atoms with van der Waals surface area (Å²) < 4.78 is 23.8. The van der Waals surface area contributed by atoms with Crippen LogP contribution in [0.2, 0.25) is 0 Å². The second-order valence-electron chi connectivity index (χ2n) is 17.7. The number of ether oxygens (including phenoxy) is 4. The van der Waals surface area contributed by atoms with Crippen molar-refractivity contribution in [2.45, 2.75) is 89.8 Å². The molecular weight excluding hydrogens is 851 g/mol. The Bertz CT molecular complexity index is 2460. The first-order valence-corrected chi connectivity index (χ1v) is 22.2. The minimum Gasteiger partial charge on any atom is -0.448 e. The van der Waals surface area contributed by atoms with Gasteiger partial charge < -0.3 is 34.5 Å². The van der Waals surface area contributed by atoms with Crippen molar-refractivity contribution in [2.75, 3.05) is 17.6 Å². The van der Waals surface area contributed by atoms with Gasteiger partial charge in [-0.25, -0.2) is 14.4 Å². The Balaban J connectivity index is 1.03. The number of thioether (sulfide) groups is 1. The van der Waals surface area contributed by atoms with Gasteiger partial charge in [0.15, 0.2) is 18.5 Å². The Morgan fingerprint density at radius 1 is 0.831 bits per heavy atom. The normalized spacial score (nSPS) is 17.9. The van der Waals surface area contributed by atoms with E-state index < -0.39 is 52.8 Å². The maximum Gasteiger partial charge on any atom is 0.514 e. The Morgan fingerprint density at radius 3 is 2.05 bits per heavy atom. The number of hydrogen-bond donors (Lipinski definition) is 2. The number of carbonyl (C=O) groups excluding carboxylic acids is 6. The van der Waals surface area contributed by atoms with Gasteiger partial charge in [0.05, 0.1) is 0 Å². The zero-order valence-corrected chi connectivity index (χ0v) is 37.9. The van der Waals surface area contributed by atoms with E-state index in [9.17, 15) is 28.8 Å². The van der Waals surface area contributed by atoms with Crippen molar-refractivity contribution >= 4 is 53.4 Å². The van der Waals surface area contributed by atoms with Crippen LogP contribution >= 0.6 is 11.8 Å². The van der Waals surface area contributed by atoms with Gasteiger partial charge in [-0.05, 0) is 101 Å². The first-order valence-electron chi connectivity index (χ1n) is 21.2. The number of allylic oxidation sites excluding steroid dienone is 1. The first kappa shape index (κ1) is 46.1. The molecule has 0 unspecified atom stereocenters. The Kier molecular flexibility index (Phi) is 13.8. The molecule has 65 heavy (non-hydrogen) atoms. The first-order chi connectivity index (χ1) is 30.9. The predicted molar refractivity (Wildman–Crippen MR) is 241 cm³/mol. The summed E-state index contributed by atoms with van der Waals surface area (Å²) in [5, 5.41) is 4.89. The molecule has 1 aromatic heterocycles. The second kappa shape index (κ2) is 19.4. The number of benzene rings is 3. The maximum atomic E-state index is 14.5. The van der Waals surface area contributed by atoms with Crippen LogP contribution in [-0.2, 0) is 46.5 Å². The number of alkyl carbamates (subject to hydrolysis) is 1. The maximum absolute atomic E-state index is 14.5. The van der Waals surface area contributed by atoms with Crippen LogP contribution in [0.25, 0.3) is 0 Å². The molecule has 2 fully saturated rings. The number of anilines is 1. The zero-order valence-electron chi connectivity index (χ0n) is 37.1. The van der Waals surface area contributed by atoms with Crippen LogP contribution in [-0.4, -0.2) is 80.7 Å². The van der Waals surface area contributed by atoms with Crippen molar-refractivity contribution < 1.29 is 52.3 Å². The molecular formula is C49H52N5O10S+. The van der Waals surface area contributed by atoms with E-state index in [4.69, 9.17) is 18.9 Å². The Morgan fingerprint density at radius 2 is 1.45 bits per heavy atom. The molecule has 2 N–H and O–H groups in total. The van der Waals surface area contributed by atoms with Crippen LogP contribution in [0.5, 0.6) is 5.75 Å². The van der Waals surface area contributed by atoms with Crippen molar-refractivity contribution in [3.63, 3.8) is 0 Å². The zero-order chi connectivity index (χ0) is 46.5. The van der Waals surface area contributed by atoms with Gasteiger partial charge in [-0.3, -0.25) is 19.3 Å². The number of carbonyl (C=O) groups is 6. The van der Waals surface area contributed by atoms with Gasteiger partial charge in [0.25, 0.3) is 11.8 Å². The van der Waals surface area contributed by atoms with Gasteiger partial charge in [-0.1, -0.05) is 60.7 Å². The van der Waals surface area contributed by atoms with Crippen molar-refractivity contribution in [1.29, 1.82) is 0 Å². The average molecular weight is 903 g/mol. The summed E-state index contributed by atoms with van der Waals surface area (Å²) in [5.41, 5.74) is 2.34. The molecule has 0 radical (unpaired) electrons. The van der Waals surface area contributed by atoms with Gasteiger partial charge in [-0.2, -0.15) is 4.57 Å². The lowest BCUT2D eigenvalue weighted by Crippen LogP contribution is -2.70. The minimum atomic E-state index is -0.931. The number of pyridine rings is 1. The topological polar surface area (TPSA) is 174 Å². The van der Waals surface area contributed by atoms with Gasteiger partial charge in [0.2, 0.25) is 12.5 Å². The molecule has 7 rings (SSSR count). The van der Waals surface area contributed by atoms with E-state index >= 15 is 0 Å². The largest absolute Gasteiger partial charge is 0.514 e. The predicted octanol–water partition coefficient (Wildman–Crippen LogP) is 6.98. The lowest BCUT2D eigenvalue weighted by molar-refractivity contribution is -0.684. The van der Waals surface area contributed by atoms with E-state index in [0.717, 1.165) is 16.7 Å². The highest BCUT2D eigenvalue weighted by Crippen LogP contribution is 2.43. The fourth-order valence-corrected chi connectivity index (χ4v) is 8.65. The molecule has 3 aromatic carbocycles. The second-order valence-corrected chi connectivity index (χ2v) is 18.8. The highest BCUT2D eigenvalue weighted by molar-refractivity contribution is 8.00. The number of fused-ring (bicyclic) bond motifs is 1. The quantitative estimate of drug-likeness (QED) is 0.0375. The molecule has 4 heterocycles. The monoisotopic (exact) mass is 902 g/mol. The number of rotatable bonds is 12. The third kappa shape index (κ3) is 11.8. The number of nitrogens with zero attached hydrogens (tertiary/aromatic N) is 3. The third-order valence-electron chi connectivity index (χ3n) is 10.2. The van der Waals surface area contributed by atoms with E-state index in [1.807, 2.05) is 72.8 Å². The van der Waals surface area contributed by atoms with E-state index in [2.05, 4.69) is 10.6 Å². The minimum absolute atomic E-state index is 0.0254. The Labute approximate surface area is 381 Å². The molecule has 2 saturated heterocycles. The molecule has 2 atom stereocenters. The number of likely N-dealkylation sites (tertiary alicyclic amines) is 1. The van der Waals surface area contributed by atoms with Crippen LogP contribution in [0.4, 0.5) is 15.3 Å². The number of aromatic nitrogens is 1. The molecule has 15 nitrogen and oxygen atoms in total. The number of hydrogen-bond acceptors (Lipinski definition) is 11. The van der Waals surface area contributed by atoms with Crippen LogP contribution in [0.15, 0.2) is 132 Å². The molecule has 0 aliphatic carbocycles. The number of amides is 4. The SMILES string of the molecule is CC(C)(C)OC(=O)N[C@@H]1C(=O)N2C(C(=O)OC(c3ccccc3)c3ccccc3)=C(/C=C3\CCN(Cc4cc[n+](CC(=O)Nc5ccc(OC(=O)OC(C)(C)C)cc5)cc4)C3=O)CS[C@H]12. The summed E-state index contributed by atoms with van der Waals surface area (Å²) in [6, 6.07) is 27.7. The molecule has 0 spiro atoms. The highest BCUT2D eigenvalue weighted by Gasteiger charge is 2.55. The van der Waals surface area contributed by atoms with Crippen molar-refractivity contribution in [2.24, 2.45) is 0 Å². The van der Waals surface area contributed by atoms with Crippen LogP contribution < -0.4 is 19.9 Å². The van der Waals surface area contributed by atoms with E-state index in [-0.39, 0.29) is 35.6 Å². The number of β-lactam (4-membered cyclic amide) rings is 1. The van der Waals surface area contributed by atoms with Crippen LogP contribution in [0.1, 0.15) is 70.8 Å². The van der Waals surface area contributed by atoms with Gasteiger partial charge in [0.1, 0.15) is 34.1 Å². The molecule has 16 heteroatoms. The van der Waals surface area contributed by atoms with E-state index in [1.54, 1.807) is 93.7 Å².